The number of carbonyl (C=O) groups is 3. The summed E-state index contributed by atoms with van der Waals surface area (Å²) in [5, 5.41) is 23.6. The first kappa shape index (κ1) is 76.2. The van der Waals surface area contributed by atoms with Gasteiger partial charge in [-0.3, -0.25) is 54.0 Å². The molecule has 4 aliphatic rings. The van der Waals surface area contributed by atoms with E-state index in [0.29, 0.717) is 43.5 Å². The molecule has 3 aromatic carbocycles. The third-order valence-corrected chi connectivity index (χ3v) is 16.4. The average Bonchev–Trinajstić information content (AvgIpc) is 1.23. The van der Waals surface area contributed by atoms with Gasteiger partial charge in [0.2, 0.25) is 23.3 Å². The predicted molar refractivity (Wildman–Crippen MR) is 373 cm³/mol. The number of methoxy groups -OCH3 is 2. The van der Waals surface area contributed by atoms with Gasteiger partial charge in [-0.1, -0.05) is 72.8 Å². The summed E-state index contributed by atoms with van der Waals surface area (Å²) in [4.78, 5) is 96.8. The minimum Gasteiger partial charge on any atom is -0.465 e. The maximum atomic E-state index is 12.4. The molecule has 30 nitrogen and oxygen atoms in total. The van der Waals surface area contributed by atoms with Crippen LogP contribution >= 0.6 is 12.6 Å². The molecule has 0 atom stereocenters. The number of likely N-dealkylation sites (tertiary alicyclic amines) is 3. The van der Waals surface area contributed by atoms with Crippen LogP contribution in [0.3, 0.4) is 0 Å². The first-order valence-electron chi connectivity index (χ1n) is 32.6. The molecule has 3 aromatic heterocycles. The number of nitro groups is 2. The number of ketones is 1. The molecule has 3 fully saturated rings. The van der Waals surface area contributed by atoms with E-state index >= 15 is 0 Å². The molecule has 0 radical (unpaired) electrons. The summed E-state index contributed by atoms with van der Waals surface area (Å²) in [6.07, 6.45) is 7.62. The van der Waals surface area contributed by atoms with Gasteiger partial charge in [0, 0.05) is 66.9 Å². The largest absolute Gasteiger partial charge is 0.465 e. The fourth-order valence-electron chi connectivity index (χ4n) is 11.8. The van der Waals surface area contributed by atoms with Crippen LogP contribution in [0.25, 0.3) is 0 Å². The van der Waals surface area contributed by atoms with Crippen molar-refractivity contribution in [2.24, 2.45) is 0 Å². The molecule has 3 saturated heterocycles. The summed E-state index contributed by atoms with van der Waals surface area (Å²) in [6.45, 7) is 15.0. The van der Waals surface area contributed by atoms with Crippen LogP contribution in [-0.4, -0.2) is 185 Å². The van der Waals surface area contributed by atoms with Gasteiger partial charge >= 0.3 is 35.3 Å². The number of hydrogen-bond acceptors (Lipinski definition) is 29. The highest BCUT2D eigenvalue weighted by molar-refractivity contribution is 7.79. The number of halogens is 1. The number of benzene rings is 3. The molecule has 0 unspecified atom stereocenters. The van der Waals surface area contributed by atoms with Gasteiger partial charge in [-0.15, -0.1) is 0 Å². The molecule has 6 N–H and O–H groups in total. The third-order valence-electron chi connectivity index (χ3n) is 16.2. The first-order chi connectivity index (χ1) is 46.9. The highest BCUT2D eigenvalue weighted by Gasteiger charge is 2.33. The number of ether oxygens (including phenoxy) is 6. The van der Waals surface area contributed by atoms with Crippen molar-refractivity contribution < 1.29 is 58.8 Å². The Bertz CT molecular complexity index is 3630. The standard InChI is InChI=1S/C23H32N6O6.C22H29N5O3.C21H28N6O4S.FH.H2/c1-3-34-19(30)16-28(15-18-8-6-7-17(13-18)14-27-9-4-5-10-27)22-20(29(31)32)21(24)25-23(26-22)35-12-11-33-2;1-29-9-10-30-22-24-20(23)19-12-18(28)15-27(21(19)25-22)14-17-6-4-5-16(11-17)13-26-7-2-3-8-26;1-2-31-18(28)13-26(21-19(27(29)30)20(22)23-17(14-32)24-21)12-16-7-5-6-15(10-16)11-25-8-3-4-9-25;;/h6-8,13H,3-5,9-12,14-16H2,1-2H3,(H2,24,25,26);4-6,11H,2-3,7-10,12-15H2,1H3,(H2,23,24,25);5-7,10,32H,2-4,8-9,11-14H2,1H3,(H2,22,23,24);2*1H/i;;;;1+1. The second-order valence-corrected chi connectivity index (χ2v) is 23.9. The van der Waals surface area contributed by atoms with Crippen molar-refractivity contribution in [1.82, 2.24) is 44.6 Å². The number of Topliss-reactive ketones (excluding diaryl/α,β-unsaturated/α-hetero) is 1. The fourth-order valence-corrected chi connectivity index (χ4v) is 12.0. The Hall–Kier alpha value is -9.21. The second-order valence-electron chi connectivity index (χ2n) is 23.6. The third kappa shape index (κ3) is 22.7. The van der Waals surface area contributed by atoms with E-state index in [9.17, 15) is 34.6 Å². The van der Waals surface area contributed by atoms with Gasteiger partial charge in [0.05, 0.1) is 48.6 Å². The highest BCUT2D eigenvalue weighted by Crippen LogP contribution is 2.36. The van der Waals surface area contributed by atoms with E-state index in [-0.39, 0.29) is 118 Å². The summed E-state index contributed by atoms with van der Waals surface area (Å²) < 4.78 is 31.2. The van der Waals surface area contributed by atoms with Crippen LogP contribution in [0.4, 0.5) is 51.0 Å². The Labute approximate surface area is 576 Å². The quantitative estimate of drug-likeness (QED) is 0.0113. The number of rotatable bonds is 31. The SMILES string of the molecule is CCOC(=O)CN(Cc1cccc(CN2CCCC2)c1)c1nc(CS)nc(N)c1[N+](=O)[O-].CCOC(=O)CN(Cc1cccc(CN2CCCC2)c1)c1nc(OCCOC)nc(N)c1[N+](=O)[O-].COCCOc1nc(N)c2c(n1)N(Cc1cccc(CN3CCCC3)c1)CC(=O)C2.F.[2HH]. The number of nitrogens with zero attached hydrogens (tertiary/aromatic N) is 14. The smallest absolute Gasteiger partial charge is 0.353 e. The van der Waals surface area contributed by atoms with Crippen molar-refractivity contribution in [2.45, 2.75) is 104 Å². The number of aromatic nitrogens is 6. The Morgan fingerprint density at radius 2 is 0.969 bits per heavy atom. The molecule has 0 aliphatic carbocycles. The van der Waals surface area contributed by atoms with Crippen molar-refractivity contribution in [3.05, 3.63) is 138 Å². The number of nitrogen functional groups attached to an aromatic ring is 3. The second kappa shape index (κ2) is 38.7. The van der Waals surface area contributed by atoms with E-state index in [1.54, 1.807) is 21.0 Å². The van der Waals surface area contributed by atoms with Crippen molar-refractivity contribution in [2.75, 3.05) is 145 Å². The van der Waals surface area contributed by atoms with Gasteiger partial charge in [0.25, 0.3) is 0 Å². The van der Waals surface area contributed by atoms with Crippen molar-refractivity contribution in [3.8, 4) is 12.0 Å². The topological polar surface area (TPSA) is 368 Å². The van der Waals surface area contributed by atoms with Crippen LogP contribution in [-0.2, 0) is 84.8 Å². The van der Waals surface area contributed by atoms with Crippen LogP contribution in [0.1, 0.15) is 98.6 Å². The number of carbonyl (C=O) groups excluding carboxylic acids is 3. The molecule has 32 heteroatoms. The number of esters is 2. The normalized spacial score (nSPS) is 14.5. The van der Waals surface area contributed by atoms with Crippen LogP contribution in [0.15, 0.2) is 72.8 Å². The monoisotopic (exact) mass is 1380 g/mol. The molecule has 98 heavy (non-hydrogen) atoms. The molecule has 0 amide bonds. The van der Waals surface area contributed by atoms with E-state index in [4.69, 9.17) is 45.6 Å². The van der Waals surface area contributed by atoms with Crippen LogP contribution < -0.4 is 41.4 Å². The molecule has 7 heterocycles. The Morgan fingerprint density at radius 1 is 0.571 bits per heavy atom. The molecule has 6 aromatic rings. The van der Waals surface area contributed by atoms with Gasteiger partial charge in [0.1, 0.15) is 43.8 Å². The molecule has 0 bridgehead atoms. The predicted octanol–water partition coefficient (Wildman–Crippen LogP) is 6.93. The average molecular weight is 1380 g/mol. The lowest BCUT2D eigenvalue weighted by atomic mass is 10.0. The van der Waals surface area contributed by atoms with Gasteiger partial charge in [-0.2, -0.15) is 32.6 Å². The lowest BCUT2D eigenvalue weighted by Crippen LogP contribution is -2.36. The van der Waals surface area contributed by atoms with Gasteiger partial charge in [-0.25, -0.2) is 9.97 Å². The van der Waals surface area contributed by atoms with E-state index < -0.39 is 33.2 Å². The fraction of sp³-hybridized carbons (Fsp3) is 0.500. The molecule has 0 saturated carbocycles. The van der Waals surface area contributed by atoms with Crippen LogP contribution in [0.5, 0.6) is 12.0 Å². The maximum absolute atomic E-state index is 12.4. The minimum atomic E-state index is -0.661. The number of anilines is 6. The number of nitrogens with two attached hydrogens (primary N) is 3. The maximum Gasteiger partial charge on any atom is 0.353 e. The van der Waals surface area contributed by atoms with Crippen LogP contribution in [0, 0.1) is 20.2 Å². The summed E-state index contributed by atoms with van der Waals surface area (Å²) in [7, 11) is 3.12. The van der Waals surface area contributed by atoms with Gasteiger partial charge in [0.15, 0.2) is 5.78 Å². The Balaban J connectivity index is 0.000000232. The number of fused-ring (bicyclic) bond motifs is 1. The summed E-state index contributed by atoms with van der Waals surface area (Å²) in [5.41, 5.74) is 24.1. The summed E-state index contributed by atoms with van der Waals surface area (Å²) in [5.74, 6) is -0.348. The molecular weight excluding hydrogens is 1290 g/mol. The lowest BCUT2D eigenvalue weighted by molar-refractivity contribution is -0.383. The molecule has 0 spiro atoms. The van der Waals surface area contributed by atoms with Crippen molar-refractivity contribution in [1.29, 1.82) is 0 Å². The summed E-state index contributed by atoms with van der Waals surface area (Å²) in [6, 6.07) is 24.5. The highest BCUT2D eigenvalue weighted by atomic mass is 32.1. The van der Waals surface area contributed by atoms with Gasteiger partial charge in [-0.05, 0) is 125 Å². The summed E-state index contributed by atoms with van der Waals surface area (Å²) >= 11 is 4.17. The Kier molecular flexibility index (Phi) is 30.0. The molecule has 532 valence electrons. The zero-order valence-electron chi connectivity index (χ0n) is 56.1. The van der Waals surface area contributed by atoms with E-state index in [2.05, 4.69) is 87.6 Å². The van der Waals surface area contributed by atoms with Crippen molar-refractivity contribution in [3.63, 3.8) is 0 Å². The zero-order valence-corrected chi connectivity index (χ0v) is 57.0. The lowest BCUT2D eigenvalue weighted by Gasteiger charge is -2.30. The van der Waals surface area contributed by atoms with E-state index in [0.717, 1.165) is 73.6 Å². The van der Waals surface area contributed by atoms with E-state index in [1.165, 1.54) is 74.1 Å². The van der Waals surface area contributed by atoms with Gasteiger partial charge < -0.3 is 60.3 Å². The van der Waals surface area contributed by atoms with Crippen molar-refractivity contribution >= 4 is 76.6 Å². The van der Waals surface area contributed by atoms with Crippen LogP contribution in [0.2, 0.25) is 0 Å². The number of thiol groups is 1. The minimum absolute atomic E-state index is 0. The van der Waals surface area contributed by atoms with E-state index in [1.807, 2.05) is 47.4 Å². The molecule has 4 aliphatic heterocycles. The Morgan fingerprint density at radius 3 is 1.40 bits per heavy atom. The zero-order chi connectivity index (χ0) is 69.2. The number of hydrogen-bond donors (Lipinski definition) is 4. The molecule has 10 rings (SSSR count). The molecular formula is C66H92FN17O13S. The first-order valence-corrected chi connectivity index (χ1v) is 33.2.